The Kier molecular flexibility index (Phi) is 2.26. The summed E-state index contributed by atoms with van der Waals surface area (Å²) in [6.07, 6.45) is 2.28. The van der Waals surface area contributed by atoms with Crippen molar-refractivity contribution in [2.24, 2.45) is 7.05 Å². The highest BCUT2D eigenvalue weighted by Gasteiger charge is 2.43. The van der Waals surface area contributed by atoms with Gasteiger partial charge in [0.05, 0.1) is 30.5 Å². The van der Waals surface area contributed by atoms with Crippen molar-refractivity contribution in [3.8, 4) is 0 Å². The van der Waals surface area contributed by atoms with E-state index in [1.165, 1.54) is 6.20 Å². The minimum absolute atomic E-state index is 0.154. The summed E-state index contributed by atoms with van der Waals surface area (Å²) in [5, 5.41) is 13.1. The topological polar surface area (TPSA) is 64.3 Å². The molecule has 0 spiro atoms. The van der Waals surface area contributed by atoms with E-state index in [2.05, 4.69) is 5.10 Å². The van der Waals surface area contributed by atoms with Crippen LogP contribution in [-0.2, 0) is 17.2 Å². The highest BCUT2D eigenvalue weighted by molar-refractivity contribution is 5.89. The number of rotatable bonds is 3. The maximum Gasteiger partial charge on any atom is 0.339 e. The van der Waals surface area contributed by atoms with Crippen molar-refractivity contribution in [2.45, 2.75) is 18.8 Å². The Hall–Kier alpha value is -1.36. The Morgan fingerprint density at radius 3 is 2.80 bits per heavy atom. The molecule has 0 unspecified atom stereocenters. The first-order valence-electron chi connectivity index (χ1n) is 4.94. The maximum absolute atomic E-state index is 11.0. The number of carbonyl (C=O) groups is 1. The van der Waals surface area contributed by atoms with Crippen LogP contribution in [0.1, 0.15) is 29.4 Å². The standard InChI is InChI=1S/C10H14N2O3/c1-3-10(5-15-6-10)8-7(9(13)14)4-11-12(8)2/h4H,3,5-6H2,1-2H3,(H,13,14). The third kappa shape index (κ3) is 1.34. The third-order valence-electron chi connectivity index (χ3n) is 3.10. The molecule has 82 valence electrons. The molecule has 1 fully saturated rings. The Morgan fingerprint density at radius 1 is 1.73 bits per heavy atom. The number of aromatic nitrogens is 2. The summed E-state index contributed by atoms with van der Waals surface area (Å²) in [6, 6.07) is 0. The Bertz CT molecular complexity index is 388. The molecule has 2 heterocycles. The zero-order valence-electron chi connectivity index (χ0n) is 8.86. The van der Waals surface area contributed by atoms with E-state index < -0.39 is 5.97 Å². The summed E-state index contributed by atoms with van der Waals surface area (Å²) in [5.41, 5.74) is 0.922. The van der Waals surface area contributed by atoms with Crippen LogP contribution in [0.5, 0.6) is 0 Å². The average Bonchev–Trinajstić information content (AvgIpc) is 2.48. The van der Waals surface area contributed by atoms with E-state index >= 15 is 0 Å². The van der Waals surface area contributed by atoms with E-state index in [4.69, 9.17) is 9.84 Å². The Morgan fingerprint density at radius 2 is 2.40 bits per heavy atom. The van der Waals surface area contributed by atoms with Crippen LogP contribution in [0.2, 0.25) is 0 Å². The van der Waals surface area contributed by atoms with Gasteiger partial charge >= 0.3 is 5.97 Å². The van der Waals surface area contributed by atoms with Crippen molar-refractivity contribution in [2.75, 3.05) is 13.2 Å². The zero-order valence-corrected chi connectivity index (χ0v) is 8.86. The molecule has 0 saturated carbocycles. The van der Waals surface area contributed by atoms with Gasteiger partial charge in [-0.2, -0.15) is 5.10 Å². The normalized spacial score (nSPS) is 18.5. The lowest BCUT2D eigenvalue weighted by Gasteiger charge is -2.41. The minimum atomic E-state index is -0.919. The van der Waals surface area contributed by atoms with E-state index in [1.807, 2.05) is 6.92 Å². The lowest BCUT2D eigenvalue weighted by molar-refractivity contribution is -0.0661. The van der Waals surface area contributed by atoms with Gasteiger partial charge < -0.3 is 9.84 Å². The summed E-state index contributed by atoms with van der Waals surface area (Å²) < 4.78 is 6.86. The van der Waals surface area contributed by atoms with Crippen molar-refractivity contribution >= 4 is 5.97 Å². The molecule has 15 heavy (non-hydrogen) atoms. The van der Waals surface area contributed by atoms with E-state index in [1.54, 1.807) is 11.7 Å². The summed E-state index contributed by atoms with van der Waals surface area (Å²) in [5.74, 6) is -0.919. The van der Waals surface area contributed by atoms with Crippen molar-refractivity contribution in [1.29, 1.82) is 0 Å². The SMILES string of the molecule is CCC1(c2c(C(=O)O)cnn2C)COC1. The van der Waals surface area contributed by atoms with E-state index in [0.717, 1.165) is 12.1 Å². The number of hydrogen-bond acceptors (Lipinski definition) is 3. The van der Waals surface area contributed by atoms with Gasteiger partial charge in [0.15, 0.2) is 0 Å². The summed E-state index contributed by atoms with van der Waals surface area (Å²) >= 11 is 0. The predicted octanol–water partition coefficient (Wildman–Crippen LogP) is 0.796. The Balaban J connectivity index is 2.50. The second kappa shape index (κ2) is 3.34. The maximum atomic E-state index is 11.0. The molecule has 0 aliphatic carbocycles. The number of carboxylic acid groups (broad SMARTS) is 1. The highest BCUT2D eigenvalue weighted by atomic mass is 16.5. The molecule has 1 aliphatic rings. The number of aryl methyl sites for hydroxylation is 1. The summed E-state index contributed by atoms with van der Waals surface area (Å²) in [7, 11) is 1.78. The number of ether oxygens (including phenoxy) is 1. The molecule has 0 amide bonds. The first kappa shape index (κ1) is 10.2. The van der Waals surface area contributed by atoms with Crippen molar-refractivity contribution in [3.05, 3.63) is 17.5 Å². The van der Waals surface area contributed by atoms with E-state index in [9.17, 15) is 4.79 Å². The molecule has 2 rings (SSSR count). The second-order valence-electron chi connectivity index (χ2n) is 3.96. The van der Waals surface area contributed by atoms with Crippen LogP contribution in [0.4, 0.5) is 0 Å². The number of aromatic carboxylic acids is 1. The zero-order chi connectivity index (χ0) is 11.1. The molecule has 5 heteroatoms. The largest absolute Gasteiger partial charge is 0.478 e. The number of nitrogens with zero attached hydrogens (tertiary/aromatic N) is 2. The average molecular weight is 210 g/mol. The van der Waals surface area contributed by atoms with Gasteiger partial charge in [-0.15, -0.1) is 0 Å². The van der Waals surface area contributed by atoms with Gasteiger partial charge in [-0.05, 0) is 6.42 Å². The van der Waals surface area contributed by atoms with E-state index in [-0.39, 0.29) is 5.41 Å². The highest BCUT2D eigenvalue weighted by Crippen LogP contribution is 2.37. The van der Waals surface area contributed by atoms with Gasteiger partial charge in [-0.3, -0.25) is 4.68 Å². The molecule has 1 saturated heterocycles. The molecular formula is C10H14N2O3. The molecule has 0 atom stereocenters. The molecule has 0 bridgehead atoms. The molecule has 1 aliphatic heterocycles. The fourth-order valence-corrected chi connectivity index (χ4v) is 2.08. The summed E-state index contributed by atoms with van der Waals surface area (Å²) in [6.45, 7) is 3.22. The quantitative estimate of drug-likeness (QED) is 0.801. The molecule has 0 aromatic carbocycles. The molecule has 1 aromatic heterocycles. The fourth-order valence-electron chi connectivity index (χ4n) is 2.08. The van der Waals surface area contributed by atoms with Gasteiger partial charge in [0.1, 0.15) is 5.56 Å². The van der Waals surface area contributed by atoms with Crippen molar-refractivity contribution < 1.29 is 14.6 Å². The van der Waals surface area contributed by atoms with Crippen LogP contribution < -0.4 is 0 Å². The molecule has 5 nitrogen and oxygen atoms in total. The van der Waals surface area contributed by atoms with Crippen LogP contribution in [0, 0.1) is 0 Å². The fraction of sp³-hybridized carbons (Fsp3) is 0.600. The first-order valence-corrected chi connectivity index (χ1v) is 4.94. The lowest BCUT2D eigenvalue weighted by Crippen LogP contribution is -2.48. The first-order chi connectivity index (χ1) is 7.10. The molecule has 0 radical (unpaired) electrons. The van der Waals surface area contributed by atoms with Crippen LogP contribution in [0.3, 0.4) is 0 Å². The molecule has 1 aromatic rings. The van der Waals surface area contributed by atoms with Gasteiger partial charge in [0.2, 0.25) is 0 Å². The van der Waals surface area contributed by atoms with Gasteiger partial charge in [-0.1, -0.05) is 6.92 Å². The smallest absolute Gasteiger partial charge is 0.339 e. The van der Waals surface area contributed by atoms with Crippen LogP contribution in [-0.4, -0.2) is 34.1 Å². The monoisotopic (exact) mass is 210 g/mol. The summed E-state index contributed by atoms with van der Waals surface area (Å²) in [4.78, 5) is 11.0. The molecule has 1 N–H and O–H groups in total. The van der Waals surface area contributed by atoms with Gasteiger partial charge in [0, 0.05) is 7.05 Å². The van der Waals surface area contributed by atoms with Crippen molar-refractivity contribution in [3.63, 3.8) is 0 Å². The lowest BCUT2D eigenvalue weighted by atomic mass is 9.78. The van der Waals surface area contributed by atoms with Crippen LogP contribution >= 0.6 is 0 Å². The van der Waals surface area contributed by atoms with E-state index in [0.29, 0.717) is 18.8 Å². The van der Waals surface area contributed by atoms with Crippen molar-refractivity contribution in [1.82, 2.24) is 9.78 Å². The van der Waals surface area contributed by atoms with Gasteiger partial charge in [0.25, 0.3) is 0 Å². The predicted molar refractivity (Wildman–Crippen MR) is 53.0 cm³/mol. The Labute approximate surface area is 87.7 Å². The van der Waals surface area contributed by atoms with Crippen LogP contribution in [0.25, 0.3) is 0 Å². The van der Waals surface area contributed by atoms with Gasteiger partial charge in [-0.25, -0.2) is 4.79 Å². The van der Waals surface area contributed by atoms with Crippen LogP contribution in [0.15, 0.2) is 6.20 Å². The third-order valence-corrected chi connectivity index (χ3v) is 3.10. The second-order valence-corrected chi connectivity index (χ2v) is 3.96. The number of carboxylic acids is 1. The minimum Gasteiger partial charge on any atom is -0.478 e. The molecular weight excluding hydrogens is 196 g/mol. The number of hydrogen-bond donors (Lipinski definition) is 1.